The average molecular weight is 293 g/mol. The first kappa shape index (κ1) is 10.8. The van der Waals surface area contributed by atoms with E-state index in [9.17, 15) is 4.79 Å². The molecule has 1 unspecified atom stereocenters. The summed E-state index contributed by atoms with van der Waals surface area (Å²) in [4.78, 5) is 17.1. The molecule has 2 aromatic rings. The second-order valence-corrected chi connectivity index (χ2v) is 5.77. The summed E-state index contributed by atoms with van der Waals surface area (Å²) in [6.45, 7) is 1.52. The van der Waals surface area contributed by atoms with E-state index >= 15 is 0 Å². The molecular weight excluding hydrogens is 280 g/mol. The second kappa shape index (κ2) is 4.18. The predicted molar refractivity (Wildman–Crippen MR) is 71.0 cm³/mol. The Balaban J connectivity index is 1.82. The molecule has 2 heterocycles. The zero-order chi connectivity index (χ0) is 11.8. The number of aromatic nitrogens is 1. The van der Waals surface area contributed by atoms with Gasteiger partial charge in [0.1, 0.15) is 0 Å². The van der Waals surface area contributed by atoms with Gasteiger partial charge in [-0.05, 0) is 29.1 Å². The van der Waals surface area contributed by atoms with Crippen LogP contribution < -0.4 is 0 Å². The molecule has 0 spiro atoms. The molecule has 0 radical (unpaired) electrons. The van der Waals surface area contributed by atoms with Crippen molar-refractivity contribution >= 4 is 32.7 Å². The van der Waals surface area contributed by atoms with Crippen LogP contribution in [0.3, 0.4) is 0 Å². The van der Waals surface area contributed by atoms with Crippen LogP contribution in [0.1, 0.15) is 12.0 Å². The number of carbonyl (C=O) groups is 1. The van der Waals surface area contributed by atoms with Gasteiger partial charge in [-0.1, -0.05) is 22.0 Å². The van der Waals surface area contributed by atoms with Crippen molar-refractivity contribution in [2.45, 2.75) is 17.8 Å². The lowest BCUT2D eigenvalue weighted by molar-refractivity contribution is -0.128. The third kappa shape index (κ3) is 2.09. The minimum absolute atomic E-state index is 0.237. The highest BCUT2D eigenvalue weighted by atomic mass is 79.9. The van der Waals surface area contributed by atoms with Crippen molar-refractivity contribution in [2.75, 3.05) is 6.54 Å². The maximum absolute atomic E-state index is 11.7. The molecule has 1 saturated heterocycles. The number of carbonyl (C=O) groups excluding carboxylic acids is 1. The standard InChI is InChI=1S/C13H13BrN2O/c14-11-6-13(17)16(8-11)7-9-1-2-12-10(5-9)3-4-15-12/h1-5,11,15H,6-8H2. The van der Waals surface area contributed by atoms with Crippen molar-refractivity contribution in [2.24, 2.45) is 0 Å². The topological polar surface area (TPSA) is 36.1 Å². The largest absolute Gasteiger partial charge is 0.361 e. The molecule has 1 aliphatic rings. The molecule has 3 nitrogen and oxygen atoms in total. The molecule has 1 fully saturated rings. The summed E-state index contributed by atoms with van der Waals surface area (Å²) in [7, 11) is 0. The Kier molecular flexibility index (Phi) is 2.67. The molecular formula is C13H13BrN2O. The lowest BCUT2D eigenvalue weighted by Gasteiger charge is -2.15. The van der Waals surface area contributed by atoms with Gasteiger partial charge in [-0.3, -0.25) is 4.79 Å². The molecule has 0 bridgehead atoms. The summed E-state index contributed by atoms with van der Waals surface area (Å²) < 4.78 is 0. The highest BCUT2D eigenvalue weighted by molar-refractivity contribution is 9.09. The Morgan fingerprint density at radius 1 is 1.41 bits per heavy atom. The van der Waals surface area contributed by atoms with Gasteiger partial charge >= 0.3 is 0 Å². The van der Waals surface area contributed by atoms with Crippen molar-refractivity contribution < 1.29 is 4.79 Å². The highest BCUT2D eigenvalue weighted by Gasteiger charge is 2.27. The van der Waals surface area contributed by atoms with Gasteiger partial charge in [0.15, 0.2) is 0 Å². The van der Waals surface area contributed by atoms with Crippen LogP contribution in [0.15, 0.2) is 30.5 Å². The minimum Gasteiger partial charge on any atom is -0.361 e. The van der Waals surface area contributed by atoms with Crippen LogP contribution in [-0.4, -0.2) is 27.2 Å². The van der Waals surface area contributed by atoms with E-state index in [-0.39, 0.29) is 5.91 Å². The zero-order valence-electron chi connectivity index (χ0n) is 9.32. The molecule has 1 aromatic heterocycles. The Morgan fingerprint density at radius 2 is 2.29 bits per heavy atom. The number of fused-ring (bicyclic) bond motifs is 1. The summed E-state index contributed by atoms with van der Waals surface area (Å²) in [5.74, 6) is 0.237. The summed E-state index contributed by atoms with van der Waals surface area (Å²) >= 11 is 3.50. The lowest BCUT2D eigenvalue weighted by atomic mass is 10.1. The number of nitrogens with one attached hydrogen (secondary N) is 1. The molecule has 88 valence electrons. The van der Waals surface area contributed by atoms with Gasteiger partial charge in [-0.25, -0.2) is 0 Å². The van der Waals surface area contributed by atoms with E-state index in [0.717, 1.165) is 12.1 Å². The Labute approximate surface area is 108 Å². The molecule has 17 heavy (non-hydrogen) atoms. The van der Waals surface area contributed by atoms with Crippen molar-refractivity contribution in [1.82, 2.24) is 9.88 Å². The summed E-state index contributed by atoms with van der Waals surface area (Å²) in [6.07, 6.45) is 2.55. The van der Waals surface area contributed by atoms with Gasteiger partial charge in [0.05, 0.1) is 0 Å². The number of benzene rings is 1. The van der Waals surface area contributed by atoms with Crippen LogP contribution in [0, 0.1) is 0 Å². The van der Waals surface area contributed by atoms with E-state index < -0.39 is 0 Å². The molecule has 1 N–H and O–H groups in total. The molecule has 1 aromatic carbocycles. The fraction of sp³-hybridized carbons (Fsp3) is 0.308. The van der Waals surface area contributed by atoms with Crippen molar-refractivity contribution in [1.29, 1.82) is 0 Å². The van der Waals surface area contributed by atoms with E-state index in [1.54, 1.807) is 0 Å². The first-order valence-electron chi connectivity index (χ1n) is 5.70. The first-order chi connectivity index (χ1) is 8.22. The van der Waals surface area contributed by atoms with E-state index in [0.29, 0.717) is 17.8 Å². The number of hydrogen-bond donors (Lipinski definition) is 1. The van der Waals surface area contributed by atoms with Crippen molar-refractivity contribution in [3.63, 3.8) is 0 Å². The van der Waals surface area contributed by atoms with Crippen LogP contribution in [0.4, 0.5) is 0 Å². The van der Waals surface area contributed by atoms with Gasteiger partial charge in [0.25, 0.3) is 0 Å². The minimum atomic E-state index is 0.237. The third-order valence-corrected chi connectivity index (χ3v) is 3.77. The molecule has 1 aliphatic heterocycles. The number of halogens is 1. The zero-order valence-corrected chi connectivity index (χ0v) is 10.9. The number of alkyl halides is 1. The number of amides is 1. The Hall–Kier alpha value is -1.29. The normalized spacial score (nSPS) is 20.4. The second-order valence-electron chi connectivity index (χ2n) is 4.47. The van der Waals surface area contributed by atoms with Crippen LogP contribution in [0.2, 0.25) is 0 Å². The summed E-state index contributed by atoms with van der Waals surface area (Å²) in [6, 6.07) is 8.34. The highest BCUT2D eigenvalue weighted by Crippen LogP contribution is 2.22. The van der Waals surface area contributed by atoms with Gasteiger partial charge in [-0.15, -0.1) is 0 Å². The smallest absolute Gasteiger partial charge is 0.224 e. The molecule has 3 rings (SSSR count). The van der Waals surface area contributed by atoms with Gasteiger partial charge in [0.2, 0.25) is 5.91 Å². The fourth-order valence-electron chi connectivity index (χ4n) is 2.30. The average Bonchev–Trinajstić information content (AvgIpc) is 2.85. The van der Waals surface area contributed by atoms with Crippen LogP contribution in [0.5, 0.6) is 0 Å². The molecule has 4 heteroatoms. The lowest BCUT2D eigenvalue weighted by Crippen LogP contribution is -2.24. The first-order valence-corrected chi connectivity index (χ1v) is 6.62. The Morgan fingerprint density at radius 3 is 3.06 bits per heavy atom. The Bertz CT molecular complexity index is 563. The maximum Gasteiger partial charge on any atom is 0.224 e. The molecule has 1 amide bonds. The number of hydrogen-bond acceptors (Lipinski definition) is 1. The monoisotopic (exact) mass is 292 g/mol. The van der Waals surface area contributed by atoms with E-state index in [1.807, 2.05) is 11.1 Å². The van der Waals surface area contributed by atoms with Gasteiger partial charge in [0, 0.05) is 36.1 Å². The van der Waals surface area contributed by atoms with Gasteiger partial charge < -0.3 is 9.88 Å². The van der Waals surface area contributed by atoms with Crippen molar-refractivity contribution in [3.05, 3.63) is 36.0 Å². The number of likely N-dealkylation sites (tertiary alicyclic amines) is 1. The molecule has 0 saturated carbocycles. The third-order valence-electron chi connectivity index (χ3n) is 3.16. The SMILES string of the molecule is O=C1CC(Br)CN1Cc1ccc2[nH]ccc2c1. The number of nitrogens with zero attached hydrogens (tertiary/aromatic N) is 1. The van der Waals surface area contributed by atoms with Crippen molar-refractivity contribution in [3.8, 4) is 0 Å². The maximum atomic E-state index is 11.7. The van der Waals surface area contributed by atoms with E-state index in [2.05, 4.69) is 45.2 Å². The van der Waals surface area contributed by atoms with Crippen LogP contribution in [0.25, 0.3) is 10.9 Å². The fourth-order valence-corrected chi connectivity index (χ4v) is 2.92. The summed E-state index contributed by atoms with van der Waals surface area (Å²) in [5, 5.41) is 1.20. The van der Waals surface area contributed by atoms with Gasteiger partial charge in [-0.2, -0.15) is 0 Å². The molecule has 0 aliphatic carbocycles. The number of H-pyrrole nitrogens is 1. The van der Waals surface area contributed by atoms with Crippen LogP contribution in [-0.2, 0) is 11.3 Å². The van der Waals surface area contributed by atoms with E-state index in [1.165, 1.54) is 10.9 Å². The number of aromatic amines is 1. The summed E-state index contributed by atoms with van der Waals surface area (Å²) in [5.41, 5.74) is 2.33. The molecule has 1 atom stereocenters. The quantitative estimate of drug-likeness (QED) is 0.849. The van der Waals surface area contributed by atoms with E-state index in [4.69, 9.17) is 0 Å². The van der Waals surface area contributed by atoms with Crippen LogP contribution >= 0.6 is 15.9 Å². The number of rotatable bonds is 2. The predicted octanol–water partition coefficient (Wildman–Crippen LogP) is 2.66.